The summed E-state index contributed by atoms with van der Waals surface area (Å²) in [6, 6.07) is 4.29. The summed E-state index contributed by atoms with van der Waals surface area (Å²) in [5, 5.41) is 0. The van der Waals surface area contributed by atoms with Crippen molar-refractivity contribution in [2.24, 2.45) is 5.92 Å². The van der Waals surface area contributed by atoms with Gasteiger partial charge in [-0.2, -0.15) is 4.31 Å². The number of piperidine rings is 2. The van der Waals surface area contributed by atoms with Crippen LogP contribution in [0.3, 0.4) is 0 Å². The van der Waals surface area contributed by atoms with E-state index in [1.54, 1.807) is 16.7 Å². The molecule has 0 aromatic heterocycles. The van der Waals surface area contributed by atoms with Crippen molar-refractivity contribution in [3.8, 4) is 0 Å². The Balaban J connectivity index is 1.45. The molecule has 0 aliphatic carbocycles. The normalized spacial score (nSPS) is 25.6. The molecule has 4 rings (SSSR count). The van der Waals surface area contributed by atoms with Gasteiger partial charge in [0.25, 0.3) is 0 Å². The average Bonchev–Trinajstić information content (AvgIpc) is 3.29. The number of halogens is 1. The van der Waals surface area contributed by atoms with Crippen LogP contribution in [0.25, 0.3) is 0 Å². The van der Waals surface area contributed by atoms with Crippen LogP contribution in [-0.2, 0) is 19.6 Å². The zero-order valence-electron chi connectivity index (χ0n) is 17.4. The van der Waals surface area contributed by atoms with E-state index in [4.69, 9.17) is 0 Å². The van der Waals surface area contributed by atoms with Crippen molar-refractivity contribution in [1.29, 1.82) is 0 Å². The van der Waals surface area contributed by atoms with E-state index in [-0.39, 0.29) is 23.3 Å². The topological polar surface area (TPSA) is 78.0 Å². The Hall–Kier alpha value is -1.65. The maximum atomic E-state index is 13.3. The summed E-state index contributed by atoms with van der Waals surface area (Å²) in [5.74, 6) is -0.0414. The van der Waals surface area contributed by atoms with E-state index >= 15 is 0 Å². The second-order valence-corrected chi connectivity index (χ2v) is 11.3. The maximum absolute atomic E-state index is 13.3. The smallest absolute Gasteiger partial charge is 0.246 e. The van der Waals surface area contributed by atoms with Crippen LogP contribution in [0, 0.1) is 11.7 Å². The van der Waals surface area contributed by atoms with Gasteiger partial charge >= 0.3 is 0 Å². The van der Waals surface area contributed by atoms with E-state index in [1.165, 1.54) is 16.4 Å². The lowest BCUT2D eigenvalue weighted by Gasteiger charge is -2.36. The molecule has 3 heterocycles. The van der Waals surface area contributed by atoms with Crippen LogP contribution in [0.1, 0.15) is 32.1 Å². The van der Waals surface area contributed by atoms with Gasteiger partial charge in [-0.05, 0) is 56.4 Å². The van der Waals surface area contributed by atoms with Gasteiger partial charge in [-0.15, -0.1) is 11.8 Å². The highest BCUT2D eigenvalue weighted by atomic mass is 32.2. The van der Waals surface area contributed by atoms with Gasteiger partial charge in [0.15, 0.2) is 0 Å². The SMILES string of the molecule is O=C([C@@H]1CSCN1C(=O)[C@@H]1CCCN(S(=O)(=O)c2ccc(F)cc2)C1)N1CCCCC1. The monoisotopic (exact) mass is 469 g/mol. The number of benzene rings is 1. The number of carbonyl (C=O) groups is 2. The minimum absolute atomic E-state index is 0.0182. The molecule has 0 bridgehead atoms. The molecule has 0 saturated carbocycles. The molecule has 31 heavy (non-hydrogen) atoms. The molecule has 1 aromatic rings. The first-order valence-electron chi connectivity index (χ1n) is 10.8. The van der Waals surface area contributed by atoms with E-state index in [2.05, 4.69) is 0 Å². The Labute approximate surface area is 187 Å². The molecule has 2 atom stereocenters. The second kappa shape index (κ2) is 9.46. The number of sulfonamides is 1. The van der Waals surface area contributed by atoms with Crippen molar-refractivity contribution < 1.29 is 22.4 Å². The number of thioether (sulfide) groups is 1. The summed E-state index contributed by atoms with van der Waals surface area (Å²) in [6.45, 7) is 1.91. The molecule has 0 unspecified atom stereocenters. The predicted octanol–water partition coefficient (Wildman–Crippen LogP) is 2.14. The lowest BCUT2D eigenvalue weighted by Crippen LogP contribution is -2.53. The van der Waals surface area contributed by atoms with Crippen LogP contribution in [0.5, 0.6) is 0 Å². The highest BCUT2D eigenvalue weighted by Crippen LogP contribution is 2.30. The van der Waals surface area contributed by atoms with E-state index in [9.17, 15) is 22.4 Å². The number of hydrogen-bond acceptors (Lipinski definition) is 5. The molecule has 10 heteroatoms. The molecule has 0 radical (unpaired) electrons. The van der Waals surface area contributed by atoms with Gasteiger partial charge < -0.3 is 9.80 Å². The fourth-order valence-electron chi connectivity index (χ4n) is 4.54. The Morgan fingerprint density at radius 1 is 0.968 bits per heavy atom. The number of amides is 2. The molecule has 3 fully saturated rings. The quantitative estimate of drug-likeness (QED) is 0.675. The van der Waals surface area contributed by atoms with Gasteiger partial charge in [0.05, 0.1) is 16.7 Å². The van der Waals surface area contributed by atoms with Crippen molar-refractivity contribution in [2.45, 2.75) is 43.0 Å². The van der Waals surface area contributed by atoms with Crippen LogP contribution < -0.4 is 0 Å². The predicted molar refractivity (Wildman–Crippen MR) is 116 cm³/mol. The van der Waals surface area contributed by atoms with Gasteiger partial charge in [-0.1, -0.05) is 0 Å². The lowest BCUT2D eigenvalue weighted by atomic mass is 9.97. The highest BCUT2D eigenvalue weighted by molar-refractivity contribution is 7.99. The van der Waals surface area contributed by atoms with E-state index in [0.29, 0.717) is 31.0 Å². The molecule has 170 valence electrons. The number of likely N-dealkylation sites (tertiary alicyclic amines) is 1. The molecule has 3 aliphatic rings. The molecule has 0 N–H and O–H groups in total. The summed E-state index contributed by atoms with van der Waals surface area (Å²) in [5.41, 5.74) is 0. The van der Waals surface area contributed by atoms with Crippen LogP contribution in [-0.4, -0.2) is 78.2 Å². The summed E-state index contributed by atoms with van der Waals surface area (Å²) in [6.07, 6.45) is 4.30. The molecule has 0 spiro atoms. The van der Waals surface area contributed by atoms with Crippen LogP contribution in [0.4, 0.5) is 4.39 Å². The molecule has 2 amide bonds. The molecular weight excluding hydrogens is 441 g/mol. The molecule has 1 aromatic carbocycles. The van der Waals surface area contributed by atoms with Crippen molar-refractivity contribution in [3.05, 3.63) is 30.1 Å². The Bertz CT molecular complexity index is 919. The highest BCUT2D eigenvalue weighted by Gasteiger charge is 2.42. The Morgan fingerprint density at radius 2 is 1.68 bits per heavy atom. The zero-order chi connectivity index (χ0) is 22.0. The first kappa shape index (κ1) is 22.5. The number of hydrogen-bond donors (Lipinski definition) is 0. The van der Waals surface area contributed by atoms with Gasteiger partial charge in [0.1, 0.15) is 11.9 Å². The first-order chi connectivity index (χ1) is 14.9. The molecule has 3 aliphatic heterocycles. The second-order valence-electron chi connectivity index (χ2n) is 8.37. The van der Waals surface area contributed by atoms with Crippen LogP contribution >= 0.6 is 11.8 Å². The summed E-state index contributed by atoms with van der Waals surface area (Å²) in [4.78, 5) is 29.9. The van der Waals surface area contributed by atoms with Crippen LogP contribution in [0.2, 0.25) is 0 Å². The average molecular weight is 470 g/mol. The van der Waals surface area contributed by atoms with Crippen LogP contribution in [0.15, 0.2) is 29.2 Å². The van der Waals surface area contributed by atoms with Gasteiger partial charge in [-0.3, -0.25) is 9.59 Å². The maximum Gasteiger partial charge on any atom is 0.246 e. The van der Waals surface area contributed by atoms with Gasteiger partial charge in [0.2, 0.25) is 21.8 Å². The minimum atomic E-state index is -3.80. The van der Waals surface area contributed by atoms with E-state index < -0.39 is 27.8 Å². The number of rotatable bonds is 4. The molecule has 7 nitrogen and oxygen atoms in total. The van der Waals surface area contributed by atoms with Gasteiger partial charge in [-0.25, -0.2) is 12.8 Å². The molecular formula is C21H28FN3O4S2. The first-order valence-corrected chi connectivity index (χ1v) is 13.4. The fraction of sp³-hybridized carbons (Fsp3) is 0.619. The van der Waals surface area contributed by atoms with Crippen molar-refractivity contribution in [3.63, 3.8) is 0 Å². The van der Waals surface area contributed by atoms with Crippen molar-refractivity contribution in [2.75, 3.05) is 37.8 Å². The summed E-state index contributed by atoms with van der Waals surface area (Å²) < 4.78 is 40.5. The van der Waals surface area contributed by atoms with E-state index in [1.807, 2.05) is 4.90 Å². The third kappa shape index (κ3) is 4.75. The van der Waals surface area contributed by atoms with E-state index in [0.717, 1.165) is 44.5 Å². The largest absolute Gasteiger partial charge is 0.341 e. The zero-order valence-corrected chi connectivity index (χ0v) is 19.0. The molecule has 3 saturated heterocycles. The number of nitrogens with zero attached hydrogens (tertiary/aromatic N) is 3. The summed E-state index contributed by atoms with van der Waals surface area (Å²) in [7, 11) is -3.80. The Kier molecular flexibility index (Phi) is 6.88. The van der Waals surface area contributed by atoms with Crippen molar-refractivity contribution >= 4 is 33.6 Å². The fourth-order valence-corrected chi connectivity index (χ4v) is 7.22. The minimum Gasteiger partial charge on any atom is -0.341 e. The lowest BCUT2D eigenvalue weighted by molar-refractivity contribution is -0.146. The third-order valence-electron chi connectivity index (χ3n) is 6.30. The number of carbonyl (C=O) groups excluding carboxylic acids is 2. The van der Waals surface area contributed by atoms with Crippen molar-refractivity contribution in [1.82, 2.24) is 14.1 Å². The summed E-state index contributed by atoms with van der Waals surface area (Å²) >= 11 is 1.57. The third-order valence-corrected chi connectivity index (χ3v) is 9.19. The Morgan fingerprint density at radius 3 is 2.39 bits per heavy atom. The standard InChI is InChI=1S/C21H28FN3O4S2/c22-17-6-8-18(9-7-17)31(28,29)24-12-4-5-16(13-24)20(26)25-15-30-14-19(25)21(27)23-10-2-1-3-11-23/h6-9,16,19H,1-5,10-15H2/t16-,19+/m1/s1. The van der Waals surface area contributed by atoms with Gasteiger partial charge in [0, 0.05) is 31.9 Å².